The van der Waals surface area contributed by atoms with E-state index in [2.05, 4.69) is 25.1 Å². The molecule has 0 aliphatic heterocycles. The van der Waals surface area contributed by atoms with Gasteiger partial charge in [0.15, 0.2) is 5.82 Å². The molecule has 8 nitrogen and oxygen atoms in total. The third kappa shape index (κ3) is 3.38. The number of anilines is 1. The molecule has 4 N–H and O–H groups in total. The maximum absolute atomic E-state index is 12.9. The number of carbonyl (C=O) groups is 1. The monoisotopic (exact) mass is 411 g/mol. The molecule has 3 aromatic heterocycles. The standard InChI is InChI=1S/C23H21N7O/c1-2-30(23(31)14-6-4-3-5-7-14)13-19-27-20-16-9-8-15(17-10-11-25-29-17)12-18(16)26-22(24)21(20)28-19/h3-12H,2,13H2,1H3,(H2,24,26)(H,25,29)(H,27,28). The van der Waals surface area contributed by atoms with Crippen molar-refractivity contribution in [2.45, 2.75) is 13.5 Å². The van der Waals surface area contributed by atoms with E-state index in [-0.39, 0.29) is 5.91 Å². The molecule has 0 saturated carbocycles. The number of hydrogen-bond donors (Lipinski definition) is 3. The van der Waals surface area contributed by atoms with Crippen molar-refractivity contribution in [1.29, 1.82) is 0 Å². The number of benzene rings is 2. The Morgan fingerprint density at radius 2 is 1.94 bits per heavy atom. The van der Waals surface area contributed by atoms with E-state index in [0.717, 1.165) is 27.7 Å². The van der Waals surface area contributed by atoms with Crippen molar-refractivity contribution in [3.8, 4) is 11.3 Å². The molecule has 0 spiro atoms. The molecule has 8 heteroatoms. The normalized spacial score (nSPS) is 11.3. The Kier molecular flexibility index (Phi) is 4.59. The molecule has 0 bridgehead atoms. The molecule has 3 heterocycles. The lowest BCUT2D eigenvalue weighted by atomic mass is 10.1. The predicted octanol–water partition coefficient (Wildman–Crippen LogP) is 3.75. The Morgan fingerprint density at radius 3 is 2.68 bits per heavy atom. The second-order valence-electron chi connectivity index (χ2n) is 7.28. The topological polar surface area (TPSA) is 117 Å². The van der Waals surface area contributed by atoms with Gasteiger partial charge in [-0.3, -0.25) is 9.89 Å². The number of fused-ring (bicyclic) bond motifs is 3. The van der Waals surface area contributed by atoms with Crippen LogP contribution in [-0.4, -0.2) is 42.5 Å². The first-order valence-corrected chi connectivity index (χ1v) is 10.1. The van der Waals surface area contributed by atoms with Gasteiger partial charge < -0.3 is 15.6 Å². The zero-order valence-corrected chi connectivity index (χ0v) is 17.0. The predicted molar refractivity (Wildman–Crippen MR) is 120 cm³/mol. The van der Waals surface area contributed by atoms with Gasteiger partial charge in [-0.15, -0.1) is 0 Å². The first kappa shape index (κ1) is 18.8. The van der Waals surface area contributed by atoms with E-state index in [1.165, 1.54) is 0 Å². The van der Waals surface area contributed by atoms with E-state index in [1.54, 1.807) is 11.1 Å². The number of imidazole rings is 1. The molecule has 31 heavy (non-hydrogen) atoms. The minimum Gasteiger partial charge on any atom is -0.382 e. The third-order valence-electron chi connectivity index (χ3n) is 5.33. The summed E-state index contributed by atoms with van der Waals surface area (Å²) in [5, 5.41) is 7.96. The molecule has 0 aliphatic rings. The first-order chi connectivity index (χ1) is 15.1. The summed E-state index contributed by atoms with van der Waals surface area (Å²) in [6.07, 6.45) is 1.78. The summed E-state index contributed by atoms with van der Waals surface area (Å²) < 4.78 is 0. The molecule has 5 aromatic rings. The van der Waals surface area contributed by atoms with E-state index >= 15 is 0 Å². The van der Waals surface area contributed by atoms with Crippen LogP contribution in [-0.2, 0) is 6.54 Å². The Morgan fingerprint density at radius 1 is 1.10 bits per heavy atom. The average Bonchev–Trinajstić information content (AvgIpc) is 3.48. The summed E-state index contributed by atoms with van der Waals surface area (Å²) in [7, 11) is 0. The smallest absolute Gasteiger partial charge is 0.254 e. The van der Waals surface area contributed by atoms with Crippen molar-refractivity contribution < 1.29 is 4.79 Å². The highest BCUT2D eigenvalue weighted by molar-refractivity contribution is 6.07. The van der Waals surface area contributed by atoms with Crippen LogP contribution in [0.4, 0.5) is 5.82 Å². The molecule has 0 unspecified atom stereocenters. The number of nitrogens with one attached hydrogen (secondary N) is 2. The lowest BCUT2D eigenvalue weighted by Crippen LogP contribution is -2.30. The Balaban J connectivity index is 1.52. The van der Waals surface area contributed by atoms with Gasteiger partial charge in [-0.2, -0.15) is 5.10 Å². The number of rotatable bonds is 5. The van der Waals surface area contributed by atoms with E-state index in [9.17, 15) is 4.79 Å². The van der Waals surface area contributed by atoms with Gasteiger partial charge in [-0.25, -0.2) is 9.97 Å². The molecular formula is C23H21N7O. The van der Waals surface area contributed by atoms with Crippen molar-refractivity contribution in [3.05, 3.63) is 72.2 Å². The highest BCUT2D eigenvalue weighted by Crippen LogP contribution is 2.29. The van der Waals surface area contributed by atoms with Crippen molar-refractivity contribution >= 4 is 33.7 Å². The molecule has 0 fully saturated rings. The maximum Gasteiger partial charge on any atom is 0.254 e. The highest BCUT2D eigenvalue weighted by Gasteiger charge is 2.18. The highest BCUT2D eigenvalue weighted by atomic mass is 16.2. The number of amides is 1. The lowest BCUT2D eigenvalue weighted by Gasteiger charge is -2.19. The molecule has 154 valence electrons. The molecule has 2 aromatic carbocycles. The molecule has 0 atom stereocenters. The number of nitrogens with two attached hydrogens (primary N) is 1. The van der Waals surface area contributed by atoms with Gasteiger partial charge in [0.1, 0.15) is 11.3 Å². The zero-order chi connectivity index (χ0) is 21.4. The van der Waals surface area contributed by atoms with Gasteiger partial charge in [-0.05, 0) is 37.3 Å². The van der Waals surface area contributed by atoms with Gasteiger partial charge >= 0.3 is 0 Å². The van der Waals surface area contributed by atoms with Crippen LogP contribution in [0.3, 0.4) is 0 Å². The van der Waals surface area contributed by atoms with E-state index in [1.807, 2.05) is 61.5 Å². The fourth-order valence-corrected chi connectivity index (χ4v) is 3.75. The number of nitrogens with zero attached hydrogens (tertiary/aromatic N) is 4. The summed E-state index contributed by atoms with van der Waals surface area (Å²) in [6, 6.07) is 17.1. The van der Waals surface area contributed by atoms with Gasteiger partial charge in [0.2, 0.25) is 0 Å². The average molecular weight is 411 g/mol. The Bertz CT molecular complexity index is 1370. The van der Waals surface area contributed by atoms with Gasteiger partial charge in [0.05, 0.1) is 23.3 Å². The van der Waals surface area contributed by atoms with E-state index in [0.29, 0.717) is 35.8 Å². The molecule has 5 rings (SSSR count). The molecule has 0 saturated heterocycles. The summed E-state index contributed by atoms with van der Waals surface area (Å²) in [6.45, 7) is 2.86. The fraction of sp³-hybridized carbons (Fsp3) is 0.130. The number of carbonyl (C=O) groups excluding carboxylic acids is 1. The Labute approximate surface area is 178 Å². The minimum atomic E-state index is -0.0387. The van der Waals surface area contributed by atoms with Crippen LogP contribution < -0.4 is 5.73 Å². The van der Waals surface area contributed by atoms with Crippen LogP contribution in [0.2, 0.25) is 0 Å². The second kappa shape index (κ2) is 7.56. The summed E-state index contributed by atoms with van der Waals surface area (Å²) in [5.41, 5.74) is 10.8. The van der Waals surface area contributed by atoms with Crippen LogP contribution in [0.1, 0.15) is 23.1 Å². The molecular weight excluding hydrogens is 390 g/mol. The fourth-order valence-electron chi connectivity index (χ4n) is 3.75. The number of pyridine rings is 1. The molecule has 0 aliphatic carbocycles. The minimum absolute atomic E-state index is 0.0387. The number of hydrogen-bond acceptors (Lipinski definition) is 5. The molecule has 1 amide bonds. The van der Waals surface area contributed by atoms with Crippen molar-refractivity contribution in [1.82, 2.24) is 30.0 Å². The molecule has 0 radical (unpaired) electrons. The SMILES string of the molecule is CCN(Cc1nc2c(N)nc3cc(-c4cc[nH]n4)ccc3c2[nH]1)C(=O)c1ccccc1. The maximum atomic E-state index is 12.9. The zero-order valence-electron chi connectivity index (χ0n) is 17.0. The lowest BCUT2D eigenvalue weighted by molar-refractivity contribution is 0.0749. The van der Waals surface area contributed by atoms with Crippen LogP contribution in [0.15, 0.2) is 60.8 Å². The number of aromatic nitrogens is 5. The first-order valence-electron chi connectivity index (χ1n) is 10.1. The van der Waals surface area contributed by atoms with Crippen LogP contribution in [0, 0.1) is 0 Å². The van der Waals surface area contributed by atoms with E-state index < -0.39 is 0 Å². The Hall–Kier alpha value is -4.20. The second-order valence-corrected chi connectivity index (χ2v) is 7.28. The quantitative estimate of drug-likeness (QED) is 0.407. The third-order valence-corrected chi connectivity index (χ3v) is 5.33. The summed E-state index contributed by atoms with van der Waals surface area (Å²) >= 11 is 0. The summed E-state index contributed by atoms with van der Waals surface area (Å²) in [5.74, 6) is 0.975. The van der Waals surface area contributed by atoms with Crippen LogP contribution in [0.5, 0.6) is 0 Å². The van der Waals surface area contributed by atoms with Crippen molar-refractivity contribution in [2.75, 3.05) is 12.3 Å². The summed E-state index contributed by atoms with van der Waals surface area (Å²) in [4.78, 5) is 27.2. The van der Waals surface area contributed by atoms with Gasteiger partial charge in [-0.1, -0.05) is 24.3 Å². The van der Waals surface area contributed by atoms with Gasteiger partial charge in [0.25, 0.3) is 5.91 Å². The van der Waals surface area contributed by atoms with Crippen molar-refractivity contribution in [3.63, 3.8) is 0 Å². The van der Waals surface area contributed by atoms with Gasteiger partial charge in [0, 0.05) is 29.3 Å². The number of aromatic amines is 2. The largest absolute Gasteiger partial charge is 0.382 e. The van der Waals surface area contributed by atoms with Crippen LogP contribution in [0.25, 0.3) is 33.2 Å². The number of H-pyrrole nitrogens is 2. The van der Waals surface area contributed by atoms with E-state index in [4.69, 9.17) is 5.73 Å². The number of nitrogen functional groups attached to an aromatic ring is 1. The van der Waals surface area contributed by atoms with Crippen molar-refractivity contribution in [2.24, 2.45) is 0 Å². The van der Waals surface area contributed by atoms with Crippen LogP contribution >= 0.6 is 0 Å².